The molecule has 1 N–H and O–H groups in total. The number of hydrogen-bond acceptors (Lipinski definition) is 3. The summed E-state index contributed by atoms with van der Waals surface area (Å²) in [5.74, 6) is -0.0358. The number of carbonyl (C=O) groups excluding carboxylic acids is 1. The zero-order valence-electron chi connectivity index (χ0n) is 11.5. The third kappa shape index (κ3) is 4.07. The molecule has 106 valence electrons. The molecule has 1 atom stereocenters. The lowest BCUT2D eigenvalue weighted by Crippen LogP contribution is -2.39. The molecule has 0 bridgehead atoms. The third-order valence-electron chi connectivity index (χ3n) is 3.12. The molecule has 1 aromatic carbocycles. The van der Waals surface area contributed by atoms with E-state index >= 15 is 0 Å². The molecule has 0 aliphatic heterocycles. The molecule has 0 aliphatic carbocycles. The number of nitrogens with zero attached hydrogens (tertiary/aromatic N) is 1. The van der Waals surface area contributed by atoms with E-state index in [0.717, 1.165) is 12.2 Å². The summed E-state index contributed by atoms with van der Waals surface area (Å²) in [4.78, 5) is 15.5. The normalized spacial score (nSPS) is 12.4. The molecule has 1 amide bonds. The summed E-state index contributed by atoms with van der Waals surface area (Å²) in [6, 6.07) is 11.0. The molecule has 3 nitrogen and oxygen atoms in total. The summed E-state index contributed by atoms with van der Waals surface area (Å²) in [6.45, 7) is 2.66. The zero-order chi connectivity index (χ0) is 14.5. The van der Waals surface area contributed by atoms with Crippen molar-refractivity contribution in [2.75, 3.05) is 12.4 Å². The molecule has 1 unspecified atom stereocenters. The van der Waals surface area contributed by atoms with E-state index in [4.69, 9.17) is 11.6 Å². The Bertz CT molecular complexity index is 571. The molecule has 1 heterocycles. The highest BCUT2D eigenvalue weighted by Gasteiger charge is 2.18. The van der Waals surface area contributed by atoms with Gasteiger partial charge in [-0.25, -0.2) is 0 Å². The molecular formula is C15H17ClN2OS. The van der Waals surface area contributed by atoms with E-state index < -0.39 is 0 Å². The van der Waals surface area contributed by atoms with Crippen molar-refractivity contribution < 1.29 is 4.79 Å². The lowest BCUT2D eigenvalue weighted by Gasteiger charge is -2.23. The molecule has 2 aromatic rings. The molecule has 0 saturated carbocycles. The maximum Gasteiger partial charge on any atom is 0.241 e. The number of halogens is 1. The van der Waals surface area contributed by atoms with Crippen LogP contribution in [-0.4, -0.2) is 23.9 Å². The number of anilines is 1. The van der Waals surface area contributed by atoms with Gasteiger partial charge in [0.15, 0.2) is 0 Å². The number of rotatable bonds is 5. The van der Waals surface area contributed by atoms with Gasteiger partial charge in [-0.2, -0.15) is 0 Å². The van der Waals surface area contributed by atoms with Crippen LogP contribution in [0.2, 0.25) is 5.02 Å². The van der Waals surface area contributed by atoms with Crippen LogP contribution in [-0.2, 0) is 11.3 Å². The Balaban J connectivity index is 1.94. The standard InChI is InChI=1S/C15H17ClN2OS/c1-11(18(2)10-14-7-4-8-20-14)15(19)17-13-6-3-5-12(16)9-13/h3-9,11H,10H2,1-2H3,(H,17,19). The second-order valence-electron chi connectivity index (χ2n) is 4.67. The first-order valence-corrected chi connectivity index (χ1v) is 7.61. The molecule has 0 aliphatic rings. The summed E-state index contributed by atoms with van der Waals surface area (Å²) in [5.41, 5.74) is 0.721. The Labute approximate surface area is 128 Å². The fourth-order valence-electron chi connectivity index (χ4n) is 1.80. The quantitative estimate of drug-likeness (QED) is 0.909. The minimum atomic E-state index is -0.212. The minimum Gasteiger partial charge on any atom is -0.325 e. The SMILES string of the molecule is CC(C(=O)Nc1cccc(Cl)c1)N(C)Cc1cccs1. The van der Waals surface area contributed by atoms with Crippen LogP contribution in [0, 0.1) is 0 Å². The van der Waals surface area contributed by atoms with E-state index in [1.807, 2.05) is 42.5 Å². The first-order valence-electron chi connectivity index (χ1n) is 6.35. The topological polar surface area (TPSA) is 32.3 Å². The van der Waals surface area contributed by atoms with Crippen molar-refractivity contribution in [1.82, 2.24) is 4.90 Å². The fourth-order valence-corrected chi connectivity index (χ4v) is 2.76. The van der Waals surface area contributed by atoms with Crippen molar-refractivity contribution in [3.63, 3.8) is 0 Å². The number of nitrogens with one attached hydrogen (secondary N) is 1. The summed E-state index contributed by atoms with van der Waals surface area (Å²) in [6.07, 6.45) is 0. The Kier molecular flexibility index (Phi) is 5.17. The summed E-state index contributed by atoms with van der Waals surface area (Å²) < 4.78 is 0. The maximum absolute atomic E-state index is 12.2. The van der Waals surface area contributed by atoms with Gasteiger partial charge in [0.1, 0.15) is 0 Å². The van der Waals surface area contributed by atoms with Crippen molar-refractivity contribution >= 4 is 34.5 Å². The monoisotopic (exact) mass is 308 g/mol. The number of carbonyl (C=O) groups is 1. The van der Waals surface area contributed by atoms with Crippen LogP contribution in [0.15, 0.2) is 41.8 Å². The van der Waals surface area contributed by atoms with E-state index in [-0.39, 0.29) is 11.9 Å². The van der Waals surface area contributed by atoms with Gasteiger partial charge < -0.3 is 5.32 Å². The number of hydrogen-bond donors (Lipinski definition) is 1. The van der Waals surface area contributed by atoms with Crippen molar-refractivity contribution in [1.29, 1.82) is 0 Å². The first-order chi connectivity index (χ1) is 9.56. The van der Waals surface area contributed by atoms with E-state index in [1.54, 1.807) is 23.5 Å². The van der Waals surface area contributed by atoms with Gasteiger partial charge in [0, 0.05) is 22.1 Å². The fraction of sp³-hybridized carbons (Fsp3) is 0.267. The molecule has 20 heavy (non-hydrogen) atoms. The Hall–Kier alpha value is -1.36. The van der Waals surface area contributed by atoms with E-state index in [9.17, 15) is 4.79 Å². The van der Waals surface area contributed by atoms with Gasteiger partial charge in [0.05, 0.1) is 6.04 Å². The maximum atomic E-state index is 12.2. The summed E-state index contributed by atoms with van der Waals surface area (Å²) >= 11 is 7.60. The highest BCUT2D eigenvalue weighted by molar-refractivity contribution is 7.09. The summed E-state index contributed by atoms with van der Waals surface area (Å²) in [5, 5.41) is 5.54. The molecular weight excluding hydrogens is 292 g/mol. The average molecular weight is 309 g/mol. The van der Waals surface area contributed by atoms with Gasteiger partial charge >= 0.3 is 0 Å². The second kappa shape index (κ2) is 6.88. The molecule has 0 radical (unpaired) electrons. The molecule has 5 heteroatoms. The Morgan fingerprint density at radius 1 is 1.40 bits per heavy atom. The van der Waals surface area contributed by atoms with Crippen molar-refractivity contribution in [3.05, 3.63) is 51.7 Å². The highest BCUT2D eigenvalue weighted by Crippen LogP contribution is 2.16. The Morgan fingerprint density at radius 2 is 2.20 bits per heavy atom. The number of amides is 1. The van der Waals surface area contributed by atoms with E-state index in [1.165, 1.54) is 4.88 Å². The van der Waals surface area contributed by atoms with Crippen molar-refractivity contribution in [2.24, 2.45) is 0 Å². The molecule has 2 rings (SSSR count). The predicted molar refractivity (Wildman–Crippen MR) is 85.3 cm³/mol. The van der Waals surface area contributed by atoms with Gasteiger partial charge in [-0.1, -0.05) is 23.7 Å². The average Bonchev–Trinajstić information content (AvgIpc) is 2.90. The van der Waals surface area contributed by atoms with E-state index in [0.29, 0.717) is 5.02 Å². The van der Waals surface area contributed by atoms with Gasteiger partial charge in [-0.3, -0.25) is 9.69 Å². The van der Waals surface area contributed by atoms with Crippen LogP contribution in [0.25, 0.3) is 0 Å². The number of benzene rings is 1. The lowest BCUT2D eigenvalue weighted by molar-refractivity contribution is -0.120. The van der Waals surface area contributed by atoms with Crippen LogP contribution < -0.4 is 5.32 Å². The third-order valence-corrected chi connectivity index (χ3v) is 4.21. The van der Waals surface area contributed by atoms with Crippen LogP contribution in [0.1, 0.15) is 11.8 Å². The van der Waals surface area contributed by atoms with Crippen molar-refractivity contribution in [2.45, 2.75) is 19.5 Å². The van der Waals surface area contributed by atoms with Crippen LogP contribution in [0.3, 0.4) is 0 Å². The smallest absolute Gasteiger partial charge is 0.241 e. The van der Waals surface area contributed by atoms with Crippen LogP contribution >= 0.6 is 22.9 Å². The molecule has 1 aromatic heterocycles. The molecule has 0 saturated heterocycles. The van der Waals surface area contributed by atoms with Gasteiger partial charge in [-0.15, -0.1) is 11.3 Å². The number of likely N-dealkylation sites (N-methyl/N-ethyl adjacent to an activating group) is 1. The van der Waals surface area contributed by atoms with E-state index in [2.05, 4.69) is 11.4 Å². The van der Waals surface area contributed by atoms with Crippen LogP contribution in [0.4, 0.5) is 5.69 Å². The molecule has 0 fully saturated rings. The van der Waals surface area contributed by atoms with Gasteiger partial charge in [0.2, 0.25) is 5.91 Å². The Morgan fingerprint density at radius 3 is 2.85 bits per heavy atom. The zero-order valence-corrected chi connectivity index (χ0v) is 13.0. The van der Waals surface area contributed by atoms with Gasteiger partial charge in [0.25, 0.3) is 0 Å². The minimum absolute atomic E-state index is 0.0358. The summed E-state index contributed by atoms with van der Waals surface area (Å²) in [7, 11) is 1.95. The largest absolute Gasteiger partial charge is 0.325 e. The van der Waals surface area contributed by atoms with Crippen molar-refractivity contribution in [3.8, 4) is 0 Å². The van der Waals surface area contributed by atoms with Crippen LogP contribution in [0.5, 0.6) is 0 Å². The number of thiophene rings is 1. The predicted octanol–water partition coefficient (Wildman–Crippen LogP) is 3.86. The molecule has 0 spiro atoms. The highest BCUT2D eigenvalue weighted by atomic mass is 35.5. The lowest BCUT2D eigenvalue weighted by atomic mass is 10.2. The van der Waals surface area contributed by atoms with Gasteiger partial charge in [-0.05, 0) is 43.6 Å². The second-order valence-corrected chi connectivity index (χ2v) is 6.14. The first kappa shape index (κ1) is 15.0.